The maximum absolute atomic E-state index is 11.7. The smallest absolute Gasteiger partial charge is 0.305 e. The molecule has 0 fully saturated rings. The number of aliphatic hydroxyl groups is 1. The van der Waals surface area contributed by atoms with Gasteiger partial charge in [-0.1, -0.05) is 96.8 Å². The van der Waals surface area contributed by atoms with Crippen LogP contribution in [0, 0.1) is 0 Å². The van der Waals surface area contributed by atoms with Gasteiger partial charge < -0.3 is 9.84 Å². The zero-order valence-electron chi connectivity index (χ0n) is 21.0. The normalized spacial score (nSPS) is 17.6. The number of halogens is 1. The zero-order chi connectivity index (χ0) is 23.1. The van der Waals surface area contributed by atoms with E-state index in [0.29, 0.717) is 6.42 Å². The van der Waals surface area contributed by atoms with Crippen LogP contribution in [0.2, 0.25) is 0 Å². The summed E-state index contributed by atoms with van der Waals surface area (Å²) in [7, 11) is 0. The molecule has 1 N–H and O–H groups in total. The minimum absolute atomic E-state index is 0.0425. The molecule has 0 saturated heterocycles. The average molecular weight is 382 g/mol. The summed E-state index contributed by atoms with van der Waals surface area (Å²) >= 11 is 5.20. The number of alkyl halides is 1. The number of ether oxygens (including phenoxy) is 1. The fourth-order valence-electron chi connectivity index (χ4n) is 2.82. The van der Waals surface area contributed by atoms with Gasteiger partial charge in [-0.05, 0) is 6.42 Å². The van der Waals surface area contributed by atoms with Gasteiger partial charge in [-0.2, -0.15) is 0 Å². The predicted octanol–water partition coefficient (Wildman–Crippen LogP) is 6.39. The van der Waals surface area contributed by atoms with Gasteiger partial charge in [0.25, 0.3) is 0 Å². The molecule has 0 radical (unpaired) electrons. The number of hydrogen-bond donors (Lipinski definition) is 1. The second-order valence-corrected chi connectivity index (χ2v) is 6.91. The minimum Gasteiger partial charge on any atom is -0.463 e. The Morgan fingerprint density at radius 2 is 1.32 bits per heavy atom. The highest BCUT2D eigenvalue weighted by atomic mass is 35.5. The predicted molar refractivity (Wildman–Crippen MR) is 107 cm³/mol. The van der Waals surface area contributed by atoms with Crippen molar-refractivity contribution in [2.24, 2.45) is 0 Å². The molecule has 0 aliphatic rings. The molecule has 0 aromatic heterocycles. The monoisotopic (exact) mass is 381 g/mol. The second-order valence-electron chi connectivity index (χ2n) is 6.72. The fraction of sp³-hybridized carbons (Fsp3) is 0.952. The van der Waals surface area contributed by atoms with Crippen molar-refractivity contribution in [2.75, 3.05) is 12.4 Å². The van der Waals surface area contributed by atoms with Crippen molar-refractivity contribution in [3.05, 3.63) is 0 Å². The van der Waals surface area contributed by atoms with Gasteiger partial charge in [0.05, 0.1) is 9.94 Å². The Balaban J connectivity index is 3.64. The molecule has 3 nitrogen and oxygen atoms in total. The van der Waals surface area contributed by atoms with Gasteiger partial charge in [-0.15, -0.1) is 11.6 Å². The molecule has 0 rings (SSSR count). The molecule has 0 aromatic rings. The first-order chi connectivity index (χ1) is 14.0. The Hall–Kier alpha value is -0.280. The van der Waals surface area contributed by atoms with E-state index in [1.54, 1.807) is 0 Å². The van der Waals surface area contributed by atoms with Gasteiger partial charge in [0.2, 0.25) is 0 Å². The van der Waals surface area contributed by atoms with E-state index in [2.05, 4.69) is 11.7 Å². The lowest BCUT2D eigenvalue weighted by molar-refractivity contribution is -0.146. The summed E-state index contributed by atoms with van der Waals surface area (Å²) in [5.74, 6) is -4.02. The number of unbranched alkanes of at least 4 members (excludes halogenated alkanes) is 14. The Labute approximate surface area is 167 Å². The largest absolute Gasteiger partial charge is 0.463 e. The van der Waals surface area contributed by atoms with Crippen molar-refractivity contribution >= 4 is 17.6 Å². The van der Waals surface area contributed by atoms with Gasteiger partial charge in [-0.25, -0.2) is 0 Å². The Kier molecular flexibility index (Phi) is 13.5. The lowest BCUT2D eigenvalue weighted by Gasteiger charge is -2.08. The van der Waals surface area contributed by atoms with E-state index < -0.39 is 24.4 Å². The summed E-state index contributed by atoms with van der Waals surface area (Å²) in [6, 6.07) is 0. The van der Waals surface area contributed by atoms with Crippen molar-refractivity contribution in [1.29, 1.82) is 0 Å². The van der Waals surface area contributed by atoms with Crippen molar-refractivity contribution in [1.82, 2.24) is 0 Å². The van der Waals surface area contributed by atoms with Gasteiger partial charge >= 0.3 is 5.97 Å². The van der Waals surface area contributed by atoms with Crippen molar-refractivity contribution in [2.45, 2.75) is 116 Å². The third-order valence-electron chi connectivity index (χ3n) is 4.34. The van der Waals surface area contributed by atoms with E-state index in [0.717, 1.165) is 19.3 Å². The van der Waals surface area contributed by atoms with Crippen LogP contribution >= 0.6 is 11.6 Å². The molecule has 0 bridgehead atoms. The number of esters is 1. The fourth-order valence-corrected chi connectivity index (χ4v) is 2.85. The molecule has 1 atom stereocenters. The van der Waals surface area contributed by atoms with Crippen molar-refractivity contribution < 1.29 is 21.5 Å². The Morgan fingerprint density at radius 3 is 1.72 bits per heavy atom. The summed E-state index contributed by atoms with van der Waals surface area (Å²) in [4.78, 5) is 11.7. The van der Waals surface area contributed by atoms with Crippen LogP contribution in [0.25, 0.3) is 0 Å². The molecule has 0 unspecified atom stereocenters. The van der Waals surface area contributed by atoms with E-state index in [-0.39, 0.29) is 6.42 Å². The van der Waals surface area contributed by atoms with E-state index in [9.17, 15) is 9.90 Å². The molecule has 25 heavy (non-hydrogen) atoms. The van der Waals surface area contributed by atoms with Crippen molar-refractivity contribution in [3.63, 3.8) is 0 Å². The summed E-state index contributed by atoms with van der Waals surface area (Å²) in [5, 5.41) is 9.64. The molecule has 0 amide bonds. The number of hydrogen-bond acceptors (Lipinski definition) is 3. The molecule has 0 aliphatic heterocycles. The van der Waals surface area contributed by atoms with E-state index in [1.807, 2.05) is 0 Å². The third kappa shape index (κ3) is 19.9. The first kappa shape index (κ1) is 16.9. The molecule has 0 saturated carbocycles. The van der Waals surface area contributed by atoms with Crippen LogP contribution in [-0.2, 0) is 9.53 Å². The number of carbonyl (C=O) groups excluding carboxylic acids is 1. The summed E-state index contributed by atoms with van der Waals surface area (Å²) in [6.45, 7) is -1.01. The molecular weight excluding hydrogens is 336 g/mol. The zero-order valence-corrected chi connectivity index (χ0v) is 16.7. The standard InChI is InChI=1S/C21H41ClO3/c1-2-3-4-5-6-7-8-9-10-11-12-13-14-15-16-17-21(24)25-19-20(23)18-22/h20,23H,2-19H2,1H3/t20-/m1/s1/i18D2,19D2,20D. The lowest BCUT2D eigenvalue weighted by Crippen LogP contribution is -2.19. The highest BCUT2D eigenvalue weighted by Crippen LogP contribution is 2.13. The topological polar surface area (TPSA) is 46.5 Å². The highest BCUT2D eigenvalue weighted by Gasteiger charge is 2.07. The van der Waals surface area contributed by atoms with Crippen LogP contribution in [-0.4, -0.2) is 29.5 Å². The molecular formula is C21H41ClO3. The van der Waals surface area contributed by atoms with E-state index in [1.165, 1.54) is 70.6 Å². The Bertz CT molecular complexity index is 456. The summed E-state index contributed by atoms with van der Waals surface area (Å²) in [5.41, 5.74) is 0. The van der Waals surface area contributed by atoms with Gasteiger partial charge in [0.1, 0.15) is 12.6 Å². The summed E-state index contributed by atoms with van der Waals surface area (Å²) in [6.07, 6.45) is 14.4. The van der Waals surface area contributed by atoms with Gasteiger partial charge in [-0.3, -0.25) is 4.79 Å². The maximum Gasteiger partial charge on any atom is 0.305 e. The maximum atomic E-state index is 11.7. The van der Waals surface area contributed by atoms with Gasteiger partial charge in [0.15, 0.2) is 0 Å². The molecule has 0 spiro atoms. The minimum atomic E-state index is -3.41. The lowest BCUT2D eigenvalue weighted by atomic mass is 10.0. The SMILES string of the molecule is [2H]C([2H])(Cl)[C@@]([2H])(O)C([2H])([2H])OC(=O)CCCCCCCCCCCCCCCCC. The Morgan fingerprint density at radius 1 is 0.920 bits per heavy atom. The van der Waals surface area contributed by atoms with Crippen LogP contribution in [0.5, 0.6) is 0 Å². The molecule has 0 aliphatic carbocycles. The van der Waals surface area contributed by atoms with Crippen LogP contribution in [0.3, 0.4) is 0 Å². The third-order valence-corrected chi connectivity index (χ3v) is 4.51. The first-order valence-electron chi connectivity index (χ1n) is 12.6. The van der Waals surface area contributed by atoms with Crippen LogP contribution < -0.4 is 0 Å². The van der Waals surface area contributed by atoms with Crippen LogP contribution in [0.15, 0.2) is 0 Å². The van der Waals surface area contributed by atoms with E-state index in [4.69, 9.17) is 18.5 Å². The highest BCUT2D eigenvalue weighted by molar-refractivity contribution is 6.18. The first-order valence-corrected chi connectivity index (χ1v) is 10.5. The molecule has 0 heterocycles. The van der Waals surface area contributed by atoms with Gasteiger partial charge in [0, 0.05) is 9.16 Å². The van der Waals surface area contributed by atoms with E-state index >= 15 is 0 Å². The quantitative estimate of drug-likeness (QED) is 0.160. The van der Waals surface area contributed by atoms with Crippen LogP contribution in [0.1, 0.15) is 117 Å². The average Bonchev–Trinajstić information content (AvgIpc) is 2.63. The number of rotatable bonds is 19. The van der Waals surface area contributed by atoms with Crippen molar-refractivity contribution in [3.8, 4) is 0 Å². The number of carbonyl (C=O) groups is 1. The van der Waals surface area contributed by atoms with Crippen LogP contribution in [0.4, 0.5) is 0 Å². The molecule has 150 valence electrons. The molecule has 4 heteroatoms. The summed E-state index contributed by atoms with van der Waals surface area (Å²) < 4.78 is 41.0. The molecule has 0 aromatic carbocycles. The second kappa shape index (κ2) is 20.0.